The fraction of sp³-hybridized carbons (Fsp3) is 1.00. The second-order valence-corrected chi connectivity index (χ2v) is 4.45. The van der Waals surface area contributed by atoms with Crippen LogP contribution in [0, 0.1) is 0 Å². The Morgan fingerprint density at radius 1 is 1.14 bits per heavy atom. The van der Waals surface area contributed by atoms with E-state index in [1.807, 2.05) is 0 Å². The maximum Gasteiger partial charge on any atom is 0.0839 e. The maximum atomic E-state index is 9.12. The summed E-state index contributed by atoms with van der Waals surface area (Å²) < 4.78 is 12.0. The van der Waals surface area contributed by atoms with Crippen molar-refractivity contribution in [1.82, 2.24) is 0 Å². The van der Waals surface area contributed by atoms with Crippen LogP contribution in [0.1, 0.15) is 27.7 Å². The first-order valence-corrected chi connectivity index (χ1v) is 5.55. The van der Waals surface area contributed by atoms with Crippen LogP contribution in [0.4, 0.5) is 0 Å². The number of nitrogens with two attached hydrogens (primary N) is 1. The lowest BCUT2D eigenvalue weighted by atomic mass is 10.4. The van der Waals surface area contributed by atoms with Crippen LogP contribution in [0.5, 0.6) is 0 Å². The Kier molecular flexibility index (Phi) is 15.5. The maximum absolute atomic E-state index is 9.12. The summed E-state index contributed by atoms with van der Waals surface area (Å²) in [6.45, 7) is 8.22. The zero-order valence-corrected chi connectivity index (χ0v) is 10.1. The van der Waals surface area contributed by atoms with E-state index in [-0.39, 0.29) is 0 Å². The first-order chi connectivity index (χ1) is 6.02. The van der Waals surface area contributed by atoms with E-state index in [2.05, 4.69) is 49.7 Å². The van der Waals surface area contributed by atoms with Gasteiger partial charge in [-0.05, 0) is 27.7 Å². The van der Waals surface area contributed by atoms with Gasteiger partial charge in [-0.3, -0.25) is 4.62 Å². The zero-order chi connectivity index (χ0) is 12.4. The fourth-order valence-corrected chi connectivity index (χ4v) is 0. The molecule has 0 heterocycles. The highest BCUT2D eigenvalue weighted by atomic mass is 31.2. The minimum absolute atomic E-state index is 0.583. The summed E-state index contributed by atoms with van der Waals surface area (Å²) >= 11 is 0. The molecule has 0 aromatic carbocycles. The third-order valence-corrected chi connectivity index (χ3v) is 0.387. The SMILES string of the molecule is CC(C)[NH3+].CC(C)[NH3+].NOP(=O)([O-])[O-]. The molecule has 0 aliphatic heterocycles. The second-order valence-electron chi connectivity index (χ2n) is 3.34. The van der Waals surface area contributed by atoms with Crippen molar-refractivity contribution in [2.75, 3.05) is 0 Å². The molecule has 8 N–H and O–H groups in total. The molecule has 14 heavy (non-hydrogen) atoms. The molecule has 0 rings (SSSR count). The molecule has 0 aromatic heterocycles. The van der Waals surface area contributed by atoms with Gasteiger partial charge in [-0.15, -0.1) is 0 Å². The minimum Gasteiger partial charge on any atom is -0.788 e. The van der Waals surface area contributed by atoms with E-state index in [1.165, 1.54) is 0 Å². The highest BCUT2D eigenvalue weighted by Gasteiger charge is 1.76. The number of hydrogen-bond donors (Lipinski definition) is 3. The molecule has 0 saturated carbocycles. The van der Waals surface area contributed by atoms with Gasteiger partial charge in [0.1, 0.15) is 0 Å². The summed E-state index contributed by atoms with van der Waals surface area (Å²) in [5.74, 6) is 3.92. The van der Waals surface area contributed by atoms with Crippen molar-refractivity contribution < 1.29 is 30.4 Å². The van der Waals surface area contributed by atoms with Crippen LogP contribution in [-0.4, -0.2) is 12.1 Å². The lowest BCUT2D eigenvalue weighted by Gasteiger charge is -2.24. The topological polar surface area (TPSA) is 154 Å². The first-order valence-electron chi connectivity index (χ1n) is 4.09. The normalized spacial score (nSPS) is 10.2. The molecule has 90 valence electrons. The Labute approximate surface area is 84.8 Å². The predicted octanol–water partition coefficient (Wildman–Crippen LogP) is -3.02. The van der Waals surface area contributed by atoms with E-state index >= 15 is 0 Å². The largest absolute Gasteiger partial charge is 0.788 e. The monoisotopic (exact) mass is 231 g/mol. The van der Waals surface area contributed by atoms with Gasteiger partial charge in [-0.25, -0.2) is 5.90 Å². The number of phosphoric acid groups is 1. The van der Waals surface area contributed by atoms with Gasteiger partial charge in [0.05, 0.1) is 19.9 Å². The summed E-state index contributed by atoms with van der Waals surface area (Å²) in [6, 6.07) is 1.17. The minimum atomic E-state index is -4.87. The van der Waals surface area contributed by atoms with Crippen LogP contribution in [-0.2, 0) is 9.19 Å². The van der Waals surface area contributed by atoms with Gasteiger partial charge in [0, 0.05) is 0 Å². The lowest BCUT2D eigenvalue weighted by molar-refractivity contribution is -0.408. The Hall–Kier alpha value is -0.0100. The van der Waals surface area contributed by atoms with E-state index in [0.717, 1.165) is 0 Å². The Balaban J connectivity index is -0.000000135. The summed E-state index contributed by atoms with van der Waals surface area (Å²) in [5.41, 5.74) is 7.28. The first kappa shape index (κ1) is 19.5. The smallest absolute Gasteiger partial charge is 0.0839 e. The van der Waals surface area contributed by atoms with E-state index in [9.17, 15) is 0 Å². The van der Waals surface area contributed by atoms with E-state index in [0.29, 0.717) is 12.1 Å². The van der Waals surface area contributed by atoms with E-state index in [1.54, 1.807) is 0 Å². The van der Waals surface area contributed by atoms with Crippen LogP contribution >= 0.6 is 7.82 Å². The van der Waals surface area contributed by atoms with Crippen LogP contribution in [0.3, 0.4) is 0 Å². The van der Waals surface area contributed by atoms with Gasteiger partial charge in [-0.1, -0.05) is 0 Å². The van der Waals surface area contributed by atoms with Crippen molar-refractivity contribution in [3.8, 4) is 0 Å². The van der Waals surface area contributed by atoms with Crippen LogP contribution < -0.4 is 27.2 Å². The van der Waals surface area contributed by atoms with Gasteiger partial charge in [0.2, 0.25) is 0 Å². The van der Waals surface area contributed by atoms with Crippen LogP contribution in [0.25, 0.3) is 0 Å². The van der Waals surface area contributed by atoms with Gasteiger partial charge in [0.25, 0.3) is 0 Å². The third kappa shape index (κ3) is 162. The van der Waals surface area contributed by atoms with Gasteiger partial charge < -0.3 is 25.8 Å². The summed E-state index contributed by atoms with van der Waals surface area (Å²) in [6.07, 6.45) is 0. The molecule has 0 unspecified atom stereocenters. The number of quaternary nitrogens is 2. The summed E-state index contributed by atoms with van der Waals surface area (Å²) in [7, 11) is -4.87. The molecule has 8 heteroatoms. The highest BCUT2D eigenvalue weighted by Crippen LogP contribution is 2.19. The van der Waals surface area contributed by atoms with E-state index < -0.39 is 7.82 Å². The number of hydrogen-bond acceptors (Lipinski definition) is 5. The van der Waals surface area contributed by atoms with Crippen LogP contribution in [0.2, 0.25) is 0 Å². The Bertz CT molecular complexity index is 137. The molecule has 0 radical (unpaired) electrons. The molecule has 0 aromatic rings. The molecule has 0 aliphatic rings. The third-order valence-electron chi connectivity index (χ3n) is 0.129. The Morgan fingerprint density at radius 3 is 1.21 bits per heavy atom. The molecule has 0 atom stereocenters. The molecule has 0 fully saturated rings. The van der Waals surface area contributed by atoms with Crippen molar-refractivity contribution in [3.05, 3.63) is 0 Å². The zero-order valence-electron chi connectivity index (χ0n) is 9.23. The molecule has 0 saturated heterocycles. The van der Waals surface area contributed by atoms with Crippen molar-refractivity contribution in [2.45, 2.75) is 39.8 Å². The molecule has 0 bridgehead atoms. The second kappa shape index (κ2) is 11.1. The molecule has 0 amide bonds. The van der Waals surface area contributed by atoms with Crippen molar-refractivity contribution in [3.63, 3.8) is 0 Å². The number of rotatable bonds is 1. The molecule has 0 aliphatic carbocycles. The van der Waals surface area contributed by atoms with Gasteiger partial charge >= 0.3 is 0 Å². The van der Waals surface area contributed by atoms with Crippen molar-refractivity contribution in [2.24, 2.45) is 5.90 Å². The lowest BCUT2D eigenvalue weighted by Crippen LogP contribution is -2.57. The molecule has 0 spiro atoms. The summed E-state index contributed by atoms with van der Waals surface area (Å²) in [4.78, 5) is 18.2. The van der Waals surface area contributed by atoms with Crippen molar-refractivity contribution >= 4 is 7.82 Å². The molecule has 7 nitrogen and oxygen atoms in total. The van der Waals surface area contributed by atoms with Crippen molar-refractivity contribution in [1.29, 1.82) is 0 Å². The summed E-state index contributed by atoms with van der Waals surface area (Å²) in [5, 5.41) is 0. The highest BCUT2D eigenvalue weighted by molar-refractivity contribution is 7.43. The van der Waals surface area contributed by atoms with Crippen LogP contribution in [0.15, 0.2) is 0 Å². The quantitative estimate of drug-likeness (QED) is 0.323. The fourth-order valence-electron chi connectivity index (χ4n) is 0. The Morgan fingerprint density at radius 2 is 1.21 bits per heavy atom. The molecular weight excluding hydrogens is 209 g/mol. The average molecular weight is 231 g/mol. The average Bonchev–Trinajstić information content (AvgIpc) is 1.83. The van der Waals surface area contributed by atoms with E-state index in [4.69, 9.17) is 14.4 Å². The predicted molar refractivity (Wildman–Crippen MR) is 48.9 cm³/mol. The molecular formula is C6H22N3O4P. The van der Waals surface area contributed by atoms with Gasteiger partial charge in [0.15, 0.2) is 0 Å². The standard InChI is InChI=1S/2C3H9N.H4NO4P/c2*1-3(2)4;1-5-6(2,3)4/h2*3H,4H2,1-2H3;1H2,(H2,2,3,4). The van der Waals surface area contributed by atoms with Gasteiger partial charge in [-0.2, -0.15) is 0 Å².